The Hall–Kier alpha value is -1.63. The van der Waals surface area contributed by atoms with Crippen LogP contribution < -0.4 is 5.73 Å². The highest BCUT2D eigenvalue weighted by atomic mass is 19.3. The second-order valence-corrected chi connectivity index (χ2v) is 3.45. The number of esters is 1. The molecule has 0 aliphatic heterocycles. The summed E-state index contributed by atoms with van der Waals surface area (Å²) in [4.78, 5) is 14.7. The predicted octanol–water partition coefficient (Wildman–Crippen LogP) is 1.72. The molecule has 0 aliphatic carbocycles. The molecule has 0 aliphatic rings. The summed E-state index contributed by atoms with van der Waals surface area (Å²) in [5.74, 6) is -1.70. The minimum absolute atomic E-state index is 0.00964. The first-order chi connectivity index (χ1) is 8.49. The second kappa shape index (κ2) is 6.34. The number of halogens is 3. The molecule has 0 amide bonds. The van der Waals surface area contributed by atoms with Crippen LogP contribution in [0.15, 0.2) is 6.07 Å². The molecule has 0 saturated carbocycles. The Balaban J connectivity index is 3.12. The van der Waals surface area contributed by atoms with Crippen molar-refractivity contribution in [1.82, 2.24) is 4.98 Å². The first-order valence-electron chi connectivity index (χ1n) is 5.31. The third-order valence-electron chi connectivity index (χ3n) is 2.20. The predicted molar refractivity (Wildman–Crippen MR) is 57.4 cm³/mol. The van der Waals surface area contributed by atoms with Crippen LogP contribution in [0.3, 0.4) is 0 Å². The summed E-state index contributed by atoms with van der Waals surface area (Å²) in [6.45, 7) is 1.51. The van der Waals surface area contributed by atoms with Gasteiger partial charge in [0.2, 0.25) is 0 Å². The Morgan fingerprint density at radius 1 is 1.56 bits per heavy atom. The van der Waals surface area contributed by atoms with E-state index in [1.54, 1.807) is 6.92 Å². The smallest absolute Gasteiger partial charge is 0.310 e. The summed E-state index contributed by atoms with van der Waals surface area (Å²) in [5, 5.41) is 0. The number of carbonyl (C=O) groups excluding carboxylic acids is 1. The highest BCUT2D eigenvalue weighted by molar-refractivity contribution is 5.73. The van der Waals surface area contributed by atoms with Gasteiger partial charge in [-0.25, -0.2) is 18.2 Å². The fourth-order valence-electron chi connectivity index (χ4n) is 1.43. The van der Waals surface area contributed by atoms with E-state index in [4.69, 9.17) is 5.73 Å². The number of pyridine rings is 1. The molecule has 7 heteroatoms. The van der Waals surface area contributed by atoms with E-state index in [-0.39, 0.29) is 18.8 Å². The lowest BCUT2D eigenvalue weighted by molar-refractivity contribution is -0.142. The van der Waals surface area contributed by atoms with E-state index in [1.807, 2.05) is 0 Å². The van der Waals surface area contributed by atoms with E-state index >= 15 is 0 Å². The molecule has 1 aromatic rings. The molecule has 1 aromatic heterocycles. The van der Waals surface area contributed by atoms with Crippen LogP contribution in [0.25, 0.3) is 0 Å². The molecule has 2 N–H and O–H groups in total. The van der Waals surface area contributed by atoms with Gasteiger partial charge in [0.15, 0.2) is 0 Å². The van der Waals surface area contributed by atoms with Gasteiger partial charge in [0.05, 0.1) is 18.7 Å². The minimum Gasteiger partial charge on any atom is -0.466 e. The average molecular weight is 262 g/mol. The van der Waals surface area contributed by atoms with Crippen molar-refractivity contribution < 1.29 is 22.7 Å². The maximum Gasteiger partial charge on any atom is 0.310 e. The van der Waals surface area contributed by atoms with E-state index in [1.165, 1.54) is 0 Å². The van der Waals surface area contributed by atoms with Crippen molar-refractivity contribution in [3.8, 4) is 0 Å². The Labute approximate surface area is 102 Å². The van der Waals surface area contributed by atoms with Crippen molar-refractivity contribution in [2.45, 2.75) is 26.3 Å². The average Bonchev–Trinajstić information content (AvgIpc) is 2.31. The lowest BCUT2D eigenvalue weighted by Crippen LogP contribution is -2.14. The zero-order chi connectivity index (χ0) is 13.7. The van der Waals surface area contributed by atoms with Crippen LogP contribution in [0.1, 0.15) is 30.3 Å². The lowest BCUT2D eigenvalue weighted by Gasteiger charge is -2.10. The molecule has 100 valence electrons. The Morgan fingerprint density at radius 3 is 2.72 bits per heavy atom. The van der Waals surface area contributed by atoms with Crippen molar-refractivity contribution in [1.29, 1.82) is 0 Å². The third kappa shape index (κ3) is 3.43. The molecule has 18 heavy (non-hydrogen) atoms. The van der Waals surface area contributed by atoms with Gasteiger partial charge in [0, 0.05) is 12.1 Å². The molecule has 0 bridgehead atoms. The van der Waals surface area contributed by atoms with Crippen LogP contribution in [0.5, 0.6) is 0 Å². The first-order valence-corrected chi connectivity index (χ1v) is 5.31. The SMILES string of the molecule is CCOC(=O)Cc1c(F)cc(CN)nc1C(F)F. The number of ether oxygens (including phenoxy) is 1. The van der Waals surface area contributed by atoms with Crippen LogP contribution in [0.2, 0.25) is 0 Å². The van der Waals surface area contributed by atoms with Crippen molar-refractivity contribution >= 4 is 5.97 Å². The lowest BCUT2D eigenvalue weighted by atomic mass is 10.1. The van der Waals surface area contributed by atoms with E-state index in [0.717, 1.165) is 6.07 Å². The summed E-state index contributed by atoms with van der Waals surface area (Å²) in [6, 6.07) is 0.945. The number of alkyl halides is 2. The summed E-state index contributed by atoms with van der Waals surface area (Å²) in [5.41, 5.74) is 4.03. The van der Waals surface area contributed by atoms with E-state index in [2.05, 4.69) is 9.72 Å². The Bertz CT molecular complexity index is 439. The van der Waals surface area contributed by atoms with E-state index in [9.17, 15) is 18.0 Å². The Morgan fingerprint density at radius 2 is 2.22 bits per heavy atom. The van der Waals surface area contributed by atoms with Crippen LogP contribution in [-0.2, 0) is 22.5 Å². The van der Waals surface area contributed by atoms with Crippen LogP contribution in [-0.4, -0.2) is 17.6 Å². The fourth-order valence-corrected chi connectivity index (χ4v) is 1.43. The molecule has 0 saturated heterocycles. The topological polar surface area (TPSA) is 65.2 Å². The van der Waals surface area contributed by atoms with Gasteiger partial charge >= 0.3 is 5.97 Å². The van der Waals surface area contributed by atoms with Gasteiger partial charge in [-0.2, -0.15) is 0 Å². The summed E-state index contributed by atoms with van der Waals surface area (Å²) >= 11 is 0. The molecule has 0 fully saturated rings. The van der Waals surface area contributed by atoms with E-state index in [0.29, 0.717) is 0 Å². The zero-order valence-corrected chi connectivity index (χ0v) is 9.75. The monoisotopic (exact) mass is 262 g/mol. The first kappa shape index (κ1) is 14.4. The normalized spacial score (nSPS) is 10.8. The molecule has 1 rings (SSSR count). The largest absolute Gasteiger partial charge is 0.466 e. The number of rotatable bonds is 5. The maximum absolute atomic E-state index is 13.6. The van der Waals surface area contributed by atoms with Crippen LogP contribution in [0.4, 0.5) is 13.2 Å². The molecule has 4 nitrogen and oxygen atoms in total. The summed E-state index contributed by atoms with van der Waals surface area (Å²) < 4.78 is 43.7. The van der Waals surface area contributed by atoms with Crippen molar-refractivity contribution in [3.63, 3.8) is 0 Å². The van der Waals surface area contributed by atoms with Crippen LogP contribution in [0, 0.1) is 5.82 Å². The molecule has 0 aromatic carbocycles. The molecule has 0 atom stereocenters. The molecular weight excluding hydrogens is 249 g/mol. The van der Waals surface area contributed by atoms with Gasteiger partial charge in [0.25, 0.3) is 6.43 Å². The molecule has 0 spiro atoms. The van der Waals surface area contributed by atoms with Gasteiger partial charge in [0.1, 0.15) is 11.5 Å². The van der Waals surface area contributed by atoms with Crippen molar-refractivity contribution in [3.05, 3.63) is 28.8 Å². The van der Waals surface area contributed by atoms with Gasteiger partial charge in [-0.15, -0.1) is 0 Å². The number of hydrogen-bond donors (Lipinski definition) is 1. The van der Waals surface area contributed by atoms with Crippen molar-refractivity contribution in [2.24, 2.45) is 5.73 Å². The maximum atomic E-state index is 13.6. The summed E-state index contributed by atoms with van der Waals surface area (Å²) in [6.07, 6.45) is -3.55. The third-order valence-corrected chi connectivity index (χ3v) is 2.20. The van der Waals surface area contributed by atoms with Gasteiger partial charge in [-0.1, -0.05) is 0 Å². The van der Waals surface area contributed by atoms with Crippen molar-refractivity contribution in [2.75, 3.05) is 6.61 Å². The Kier molecular flexibility index (Phi) is 5.08. The molecule has 0 radical (unpaired) electrons. The standard InChI is InChI=1S/C11H13F3N2O2/c1-2-18-9(17)4-7-8(12)3-6(5-15)16-10(7)11(13)14/h3,11H,2,4-5,15H2,1H3. The molecule has 1 heterocycles. The highest BCUT2D eigenvalue weighted by Gasteiger charge is 2.22. The second-order valence-electron chi connectivity index (χ2n) is 3.45. The number of nitrogens with two attached hydrogens (primary N) is 1. The highest BCUT2D eigenvalue weighted by Crippen LogP contribution is 2.24. The number of carbonyl (C=O) groups is 1. The van der Waals surface area contributed by atoms with Gasteiger partial charge in [-0.05, 0) is 13.0 Å². The molecular formula is C11H13F3N2O2. The van der Waals surface area contributed by atoms with Gasteiger partial charge in [-0.3, -0.25) is 4.79 Å². The molecule has 0 unspecified atom stereocenters. The fraction of sp³-hybridized carbons (Fsp3) is 0.455. The van der Waals surface area contributed by atoms with E-state index < -0.39 is 35.9 Å². The van der Waals surface area contributed by atoms with Gasteiger partial charge < -0.3 is 10.5 Å². The quantitative estimate of drug-likeness (QED) is 0.820. The minimum atomic E-state index is -2.98. The number of nitrogens with zero attached hydrogens (tertiary/aromatic N) is 1. The van der Waals surface area contributed by atoms with Crippen LogP contribution >= 0.6 is 0 Å². The summed E-state index contributed by atoms with van der Waals surface area (Å²) in [7, 11) is 0. The number of hydrogen-bond acceptors (Lipinski definition) is 4. The zero-order valence-electron chi connectivity index (χ0n) is 9.75. The number of aromatic nitrogens is 1.